The molecule has 1 N–H and O–H groups in total. The SMILES string of the molecule is CCO[C@@H]1C[C@@H](N(C)C(=O)CC2CCNCC2)C1(C)C. The zero-order valence-corrected chi connectivity index (χ0v) is 13.4. The van der Waals surface area contributed by atoms with E-state index in [1.54, 1.807) is 0 Å². The van der Waals surface area contributed by atoms with E-state index in [-0.39, 0.29) is 5.41 Å². The fourth-order valence-corrected chi connectivity index (χ4v) is 3.66. The Morgan fingerprint density at radius 1 is 1.35 bits per heavy atom. The van der Waals surface area contributed by atoms with Crippen LogP contribution < -0.4 is 5.32 Å². The average molecular weight is 282 g/mol. The largest absolute Gasteiger partial charge is 0.378 e. The van der Waals surface area contributed by atoms with Crippen molar-refractivity contribution in [3.8, 4) is 0 Å². The lowest BCUT2D eigenvalue weighted by Crippen LogP contribution is -2.62. The van der Waals surface area contributed by atoms with Crippen molar-refractivity contribution in [1.29, 1.82) is 0 Å². The highest BCUT2D eigenvalue weighted by Crippen LogP contribution is 2.45. The van der Waals surface area contributed by atoms with Crippen LogP contribution in [0, 0.1) is 11.3 Å². The van der Waals surface area contributed by atoms with E-state index >= 15 is 0 Å². The van der Waals surface area contributed by atoms with Gasteiger partial charge < -0.3 is 15.0 Å². The van der Waals surface area contributed by atoms with E-state index in [0.717, 1.165) is 39.0 Å². The van der Waals surface area contributed by atoms with E-state index in [9.17, 15) is 4.79 Å². The Morgan fingerprint density at radius 3 is 2.55 bits per heavy atom. The molecule has 2 rings (SSSR count). The molecule has 0 spiro atoms. The molecule has 0 aromatic rings. The molecule has 1 aliphatic heterocycles. The number of hydrogen-bond donors (Lipinski definition) is 1. The molecule has 20 heavy (non-hydrogen) atoms. The smallest absolute Gasteiger partial charge is 0.222 e. The van der Waals surface area contributed by atoms with Gasteiger partial charge in [0.05, 0.1) is 6.10 Å². The summed E-state index contributed by atoms with van der Waals surface area (Å²) in [5.41, 5.74) is 0.0779. The lowest BCUT2D eigenvalue weighted by atomic mass is 9.63. The van der Waals surface area contributed by atoms with E-state index in [4.69, 9.17) is 4.74 Å². The van der Waals surface area contributed by atoms with Crippen molar-refractivity contribution >= 4 is 5.91 Å². The summed E-state index contributed by atoms with van der Waals surface area (Å²) >= 11 is 0. The van der Waals surface area contributed by atoms with Crippen molar-refractivity contribution in [2.45, 2.75) is 58.6 Å². The number of rotatable bonds is 5. The highest BCUT2D eigenvalue weighted by Gasteiger charge is 2.51. The number of carbonyl (C=O) groups is 1. The highest BCUT2D eigenvalue weighted by molar-refractivity contribution is 5.76. The van der Waals surface area contributed by atoms with Crippen LogP contribution in [0.15, 0.2) is 0 Å². The number of ether oxygens (including phenoxy) is 1. The van der Waals surface area contributed by atoms with E-state index in [0.29, 0.717) is 30.4 Å². The van der Waals surface area contributed by atoms with Gasteiger partial charge in [0.1, 0.15) is 0 Å². The van der Waals surface area contributed by atoms with Crippen LogP contribution in [0.3, 0.4) is 0 Å². The van der Waals surface area contributed by atoms with Crippen molar-refractivity contribution in [2.75, 3.05) is 26.7 Å². The first-order valence-electron chi connectivity index (χ1n) is 8.04. The number of hydrogen-bond acceptors (Lipinski definition) is 3. The molecule has 0 bridgehead atoms. The van der Waals surface area contributed by atoms with Gasteiger partial charge in [-0.25, -0.2) is 0 Å². The Labute approximate surface area is 123 Å². The molecule has 4 nitrogen and oxygen atoms in total. The lowest BCUT2D eigenvalue weighted by Gasteiger charge is -2.55. The first-order chi connectivity index (χ1) is 9.46. The highest BCUT2D eigenvalue weighted by atomic mass is 16.5. The number of piperidine rings is 1. The Kier molecular flexibility index (Phi) is 5.08. The fraction of sp³-hybridized carbons (Fsp3) is 0.938. The molecule has 116 valence electrons. The van der Waals surface area contributed by atoms with Crippen LogP contribution in [-0.4, -0.2) is 49.7 Å². The van der Waals surface area contributed by atoms with Gasteiger partial charge in [-0.3, -0.25) is 4.79 Å². The number of carbonyl (C=O) groups excluding carboxylic acids is 1. The second kappa shape index (κ2) is 6.44. The van der Waals surface area contributed by atoms with Crippen LogP contribution in [0.5, 0.6) is 0 Å². The van der Waals surface area contributed by atoms with Crippen LogP contribution in [0.25, 0.3) is 0 Å². The van der Waals surface area contributed by atoms with Gasteiger partial charge in [-0.2, -0.15) is 0 Å². The van der Waals surface area contributed by atoms with Gasteiger partial charge >= 0.3 is 0 Å². The molecule has 4 heteroatoms. The van der Waals surface area contributed by atoms with E-state index in [1.807, 2.05) is 18.9 Å². The maximum absolute atomic E-state index is 12.5. The molecule has 2 aliphatic rings. The standard InChI is InChI=1S/C16H30N2O2/c1-5-20-14-11-13(16(14,2)3)18(4)15(19)10-12-6-8-17-9-7-12/h12-14,17H,5-11H2,1-4H3/t13-,14-/m1/s1. The molecule has 1 heterocycles. The number of nitrogens with zero attached hydrogens (tertiary/aromatic N) is 1. The molecule has 1 saturated carbocycles. The number of amides is 1. The molecular weight excluding hydrogens is 252 g/mol. The topological polar surface area (TPSA) is 41.6 Å². The Balaban J connectivity index is 1.84. The van der Waals surface area contributed by atoms with Crippen LogP contribution >= 0.6 is 0 Å². The maximum atomic E-state index is 12.5. The predicted molar refractivity (Wildman–Crippen MR) is 80.6 cm³/mol. The molecule has 2 fully saturated rings. The molecule has 0 aromatic heterocycles. The van der Waals surface area contributed by atoms with Gasteiger partial charge in [-0.1, -0.05) is 13.8 Å². The van der Waals surface area contributed by atoms with Crippen LogP contribution in [0.1, 0.15) is 46.5 Å². The van der Waals surface area contributed by atoms with Crippen LogP contribution in [-0.2, 0) is 9.53 Å². The van der Waals surface area contributed by atoms with Gasteiger partial charge in [-0.15, -0.1) is 0 Å². The maximum Gasteiger partial charge on any atom is 0.222 e. The molecule has 0 radical (unpaired) electrons. The predicted octanol–water partition coefficient (Wildman–Crippen LogP) is 2.04. The molecule has 0 aromatic carbocycles. The van der Waals surface area contributed by atoms with Crippen molar-refractivity contribution < 1.29 is 9.53 Å². The number of nitrogens with one attached hydrogen (secondary N) is 1. The molecule has 1 aliphatic carbocycles. The first-order valence-corrected chi connectivity index (χ1v) is 8.04. The molecule has 1 saturated heterocycles. The molecule has 2 atom stereocenters. The van der Waals surface area contributed by atoms with Crippen LogP contribution in [0.2, 0.25) is 0 Å². The van der Waals surface area contributed by atoms with Gasteiger partial charge in [-0.05, 0) is 45.2 Å². The summed E-state index contributed by atoms with van der Waals surface area (Å²) in [6, 6.07) is 0.327. The molecular formula is C16H30N2O2. The third kappa shape index (κ3) is 3.17. The Bertz CT molecular complexity index is 337. The third-order valence-electron chi connectivity index (χ3n) is 5.28. The second-order valence-corrected chi connectivity index (χ2v) is 6.92. The summed E-state index contributed by atoms with van der Waals surface area (Å²) in [7, 11) is 1.97. The van der Waals surface area contributed by atoms with Crippen LogP contribution in [0.4, 0.5) is 0 Å². The summed E-state index contributed by atoms with van der Waals surface area (Å²) in [5, 5.41) is 3.35. The molecule has 1 amide bonds. The fourth-order valence-electron chi connectivity index (χ4n) is 3.66. The van der Waals surface area contributed by atoms with Crippen molar-refractivity contribution in [1.82, 2.24) is 10.2 Å². The summed E-state index contributed by atoms with van der Waals surface area (Å²) in [6.45, 7) is 9.35. The van der Waals surface area contributed by atoms with E-state index < -0.39 is 0 Å². The zero-order valence-electron chi connectivity index (χ0n) is 13.4. The summed E-state index contributed by atoms with van der Waals surface area (Å²) in [4.78, 5) is 14.4. The summed E-state index contributed by atoms with van der Waals surface area (Å²) < 4.78 is 5.76. The normalized spacial score (nSPS) is 29.8. The minimum absolute atomic E-state index is 0.0779. The quantitative estimate of drug-likeness (QED) is 0.839. The van der Waals surface area contributed by atoms with Gasteiger partial charge in [0, 0.05) is 31.5 Å². The minimum atomic E-state index is 0.0779. The second-order valence-electron chi connectivity index (χ2n) is 6.92. The van der Waals surface area contributed by atoms with E-state index in [1.165, 1.54) is 0 Å². The average Bonchev–Trinajstić information content (AvgIpc) is 2.43. The summed E-state index contributed by atoms with van der Waals surface area (Å²) in [6.07, 6.45) is 4.26. The van der Waals surface area contributed by atoms with Crippen molar-refractivity contribution in [3.63, 3.8) is 0 Å². The van der Waals surface area contributed by atoms with Gasteiger partial charge in [0.2, 0.25) is 5.91 Å². The minimum Gasteiger partial charge on any atom is -0.378 e. The first kappa shape index (κ1) is 15.8. The van der Waals surface area contributed by atoms with Gasteiger partial charge in [0.25, 0.3) is 0 Å². The molecule has 0 unspecified atom stereocenters. The Morgan fingerprint density at radius 2 is 2.00 bits per heavy atom. The summed E-state index contributed by atoms with van der Waals surface area (Å²) in [5.74, 6) is 0.877. The van der Waals surface area contributed by atoms with E-state index in [2.05, 4.69) is 19.2 Å². The zero-order chi connectivity index (χ0) is 14.8. The van der Waals surface area contributed by atoms with Gasteiger partial charge in [0.15, 0.2) is 0 Å². The third-order valence-corrected chi connectivity index (χ3v) is 5.28. The van der Waals surface area contributed by atoms with Crippen molar-refractivity contribution in [2.24, 2.45) is 11.3 Å². The monoisotopic (exact) mass is 282 g/mol. The van der Waals surface area contributed by atoms with Crippen molar-refractivity contribution in [3.05, 3.63) is 0 Å². The lowest BCUT2D eigenvalue weighted by molar-refractivity contribution is -0.164. The Hall–Kier alpha value is -0.610.